The van der Waals surface area contributed by atoms with E-state index in [1.165, 1.54) is 0 Å². The first-order valence-electron chi connectivity index (χ1n) is 9.33. The standard InChI is InChI=1S/C19H29N3O3/c1-2-24-18-8-4-3-7-17(18)22-11-9-21(10-12-22)15-19(23)20-14-16-6-5-13-25-16/h3-4,7-8,16H,2,5-6,9-15H2,1H3,(H,20,23). The molecule has 1 atom stereocenters. The summed E-state index contributed by atoms with van der Waals surface area (Å²) in [6.45, 7) is 8.18. The minimum Gasteiger partial charge on any atom is -0.492 e. The molecule has 1 N–H and O–H groups in total. The van der Waals surface area contributed by atoms with E-state index in [4.69, 9.17) is 9.47 Å². The molecule has 2 fully saturated rings. The van der Waals surface area contributed by atoms with Crippen molar-refractivity contribution in [1.82, 2.24) is 10.2 Å². The van der Waals surface area contributed by atoms with Crippen LogP contribution in [0.3, 0.4) is 0 Å². The van der Waals surface area contributed by atoms with Gasteiger partial charge in [-0.2, -0.15) is 0 Å². The van der Waals surface area contributed by atoms with Crippen LogP contribution in [0.15, 0.2) is 24.3 Å². The summed E-state index contributed by atoms with van der Waals surface area (Å²) in [5.41, 5.74) is 1.15. The molecule has 1 aromatic rings. The number of hydrogen-bond acceptors (Lipinski definition) is 5. The van der Waals surface area contributed by atoms with E-state index in [1.807, 2.05) is 25.1 Å². The number of rotatable bonds is 7. The molecule has 2 saturated heterocycles. The van der Waals surface area contributed by atoms with Crippen LogP contribution >= 0.6 is 0 Å². The van der Waals surface area contributed by atoms with Crippen molar-refractivity contribution in [3.63, 3.8) is 0 Å². The predicted octanol–water partition coefficient (Wildman–Crippen LogP) is 1.50. The topological polar surface area (TPSA) is 54.0 Å². The summed E-state index contributed by atoms with van der Waals surface area (Å²) in [4.78, 5) is 16.7. The van der Waals surface area contributed by atoms with Gasteiger partial charge in [0.25, 0.3) is 0 Å². The third-order valence-corrected chi connectivity index (χ3v) is 4.80. The van der Waals surface area contributed by atoms with Crippen LogP contribution in [0.2, 0.25) is 0 Å². The van der Waals surface area contributed by atoms with E-state index in [9.17, 15) is 4.79 Å². The largest absolute Gasteiger partial charge is 0.492 e. The Morgan fingerprint density at radius 3 is 2.80 bits per heavy atom. The van der Waals surface area contributed by atoms with Crippen LogP contribution < -0.4 is 15.0 Å². The summed E-state index contributed by atoms with van der Waals surface area (Å²) in [5.74, 6) is 1.03. The summed E-state index contributed by atoms with van der Waals surface area (Å²) in [7, 11) is 0. The maximum Gasteiger partial charge on any atom is 0.234 e. The fourth-order valence-corrected chi connectivity index (χ4v) is 3.43. The summed E-state index contributed by atoms with van der Waals surface area (Å²) in [5, 5.41) is 3.00. The Balaban J connectivity index is 1.43. The summed E-state index contributed by atoms with van der Waals surface area (Å²) < 4.78 is 11.3. The third-order valence-electron chi connectivity index (χ3n) is 4.80. The molecule has 2 aliphatic heterocycles. The van der Waals surface area contributed by atoms with Gasteiger partial charge in [0.15, 0.2) is 0 Å². The lowest BCUT2D eigenvalue weighted by Crippen LogP contribution is -2.50. The highest BCUT2D eigenvalue weighted by atomic mass is 16.5. The number of piperazine rings is 1. The molecule has 1 unspecified atom stereocenters. The van der Waals surface area contributed by atoms with Gasteiger partial charge in [0.1, 0.15) is 5.75 Å². The van der Waals surface area contributed by atoms with Crippen LogP contribution in [0, 0.1) is 0 Å². The van der Waals surface area contributed by atoms with E-state index in [0.29, 0.717) is 19.7 Å². The molecule has 0 saturated carbocycles. The molecule has 0 radical (unpaired) electrons. The second kappa shape index (κ2) is 9.06. The van der Waals surface area contributed by atoms with E-state index in [-0.39, 0.29) is 12.0 Å². The van der Waals surface area contributed by atoms with Crippen molar-refractivity contribution in [1.29, 1.82) is 0 Å². The minimum atomic E-state index is 0.0960. The molecule has 2 aliphatic rings. The molecule has 0 bridgehead atoms. The van der Waals surface area contributed by atoms with Crippen LogP contribution in [-0.2, 0) is 9.53 Å². The molecule has 0 spiro atoms. The Morgan fingerprint density at radius 1 is 1.28 bits per heavy atom. The number of carbonyl (C=O) groups is 1. The Morgan fingerprint density at radius 2 is 2.08 bits per heavy atom. The Bertz CT molecular complexity index is 553. The summed E-state index contributed by atoms with van der Waals surface area (Å²) in [6.07, 6.45) is 2.36. The van der Waals surface area contributed by atoms with Gasteiger partial charge in [-0.25, -0.2) is 0 Å². The van der Waals surface area contributed by atoms with Gasteiger partial charge in [0.05, 0.1) is 24.9 Å². The number of nitrogens with one attached hydrogen (secondary N) is 1. The van der Waals surface area contributed by atoms with Crippen LogP contribution in [-0.4, -0.2) is 69.4 Å². The number of carbonyl (C=O) groups excluding carboxylic acids is 1. The maximum atomic E-state index is 12.1. The number of para-hydroxylation sites is 2. The van der Waals surface area contributed by atoms with Crippen LogP contribution in [0.4, 0.5) is 5.69 Å². The number of nitrogens with zero attached hydrogens (tertiary/aromatic N) is 2. The molecule has 138 valence electrons. The molecule has 1 amide bonds. The molecule has 6 nitrogen and oxygen atoms in total. The number of ether oxygens (including phenoxy) is 2. The lowest BCUT2D eigenvalue weighted by molar-refractivity contribution is -0.122. The molecule has 6 heteroatoms. The van der Waals surface area contributed by atoms with Crippen molar-refractivity contribution in [2.75, 3.05) is 57.4 Å². The lowest BCUT2D eigenvalue weighted by Gasteiger charge is -2.36. The monoisotopic (exact) mass is 347 g/mol. The van der Waals surface area contributed by atoms with E-state index in [0.717, 1.165) is 57.1 Å². The smallest absolute Gasteiger partial charge is 0.234 e. The molecule has 2 heterocycles. The van der Waals surface area contributed by atoms with E-state index in [2.05, 4.69) is 21.2 Å². The van der Waals surface area contributed by atoms with Crippen molar-refractivity contribution < 1.29 is 14.3 Å². The molecule has 25 heavy (non-hydrogen) atoms. The van der Waals surface area contributed by atoms with E-state index >= 15 is 0 Å². The third kappa shape index (κ3) is 5.09. The number of anilines is 1. The molecular weight excluding hydrogens is 318 g/mol. The summed E-state index contributed by atoms with van der Waals surface area (Å²) in [6, 6.07) is 8.17. The van der Waals surface area contributed by atoms with Gasteiger partial charge in [0.2, 0.25) is 5.91 Å². The molecule has 1 aromatic carbocycles. The first kappa shape index (κ1) is 18.0. The Labute approximate surface area is 150 Å². The van der Waals surface area contributed by atoms with Crippen molar-refractivity contribution in [3.05, 3.63) is 24.3 Å². The van der Waals surface area contributed by atoms with Crippen LogP contribution in [0.5, 0.6) is 5.75 Å². The zero-order chi connectivity index (χ0) is 17.5. The second-order valence-corrected chi connectivity index (χ2v) is 6.60. The highest BCUT2D eigenvalue weighted by Crippen LogP contribution is 2.28. The lowest BCUT2D eigenvalue weighted by atomic mass is 10.2. The fraction of sp³-hybridized carbons (Fsp3) is 0.632. The number of benzene rings is 1. The Kier molecular flexibility index (Phi) is 6.53. The first-order valence-corrected chi connectivity index (χ1v) is 9.33. The van der Waals surface area contributed by atoms with Crippen molar-refractivity contribution in [2.24, 2.45) is 0 Å². The van der Waals surface area contributed by atoms with Crippen LogP contribution in [0.1, 0.15) is 19.8 Å². The van der Waals surface area contributed by atoms with Gasteiger partial charge in [-0.1, -0.05) is 12.1 Å². The zero-order valence-electron chi connectivity index (χ0n) is 15.1. The van der Waals surface area contributed by atoms with E-state index in [1.54, 1.807) is 0 Å². The van der Waals surface area contributed by atoms with Gasteiger partial charge in [0, 0.05) is 39.3 Å². The highest BCUT2D eigenvalue weighted by molar-refractivity contribution is 5.78. The predicted molar refractivity (Wildman–Crippen MR) is 98.2 cm³/mol. The minimum absolute atomic E-state index is 0.0960. The molecule has 3 rings (SSSR count). The maximum absolute atomic E-state index is 12.1. The quantitative estimate of drug-likeness (QED) is 0.810. The molecular formula is C19H29N3O3. The fourth-order valence-electron chi connectivity index (χ4n) is 3.43. The van der Waals surface area contributed by atoms with Gasteiger partial charge >= 0.3 is 0 Å². The first-order chi connectivity index (χ1) is 12.3. The zero-order valence-corrected chi connectivity index (χ0v) is 15.1. The highest BCUT2D eigenvalue weighted by Gasteiger charge is 2.22. The normalized spacial score (nSPS) is 21.3. The number of amides is 1. The Hall–Kier alpha value is -1.79. The summed E-state index contributed by atoms with van der Waals surface area (Å²) >= 11 is 0. The molecule has 0 aromatic heterocycles. The van der Waals surface area contributed by atoms with Gasteiger partial charge < -0.3 is 19.7 Å². The van der Waals surface area contributed by atoms with Crippen molar-refractivity contribution >= 4 is 11.6 Å². The van der Waals surface area contributed by atoms with Gasteiger partial charge in [-0.15, -0.1) is 0 Å². The number of hydrogen-bond donors (Lipinski definition) is 1. The van der Waals surface area contributed by atoms with Gasteiger partial charge in [-0.3, -0.25) is 9.69 Å². The average Bonchev–Trinajstić information content (AvgIpc) is 3.15. The second-order valence-electron chi connectivity index (χ2n) is 6.60. The van der Waals surface area contributed by atoms with Gasteiger partial charge in [-0.05, 0) is 31.9 Å². The van der Waals surface area contributed by atoms with Crippen molar-refractivity contribution in [2.45, 2.75) is 25.9 Å². The molecule has 0 aliphatic carbocycles. The van der Waals surface area contributed by atoms with E-state index < -0.39 is 0 Å². The van der Waals surface area contributed by atoms with Crippen LogP contribution in [0.25, 0.3) is 0 Å². The average molecular weight is 347 g/mol. The van der Waals surface area contributed by atoms with Crippen molar-refractivity contribution in [3.8, 4) is 5.75 Å². The SMILES string of the molecule is CCOc1ccccc1N1CCN(CC(=O)NCC2CCCO2)CC1.